The number of thiophene rings is 1. The number of aryl methyl sites for hydroxylation is 1. The molecule has 1 aliphatic heterocycles. The van der Waals surface area contributed by atoms with Crippen molar-refractivity contribution in [2.45, 2.75) is 25.8 Å². The molecule has 7 nitrogen and oxygen atoms in total. The summed E-state index contributed by atoms with van der Waals surface area (Å²) in [6, 6.07) is 14.1. The predicted molar refractivity (Wildman–Crippen MR) is 121 cm³/mol. The Hall–Kier alpha value is -3.85. The Balaban J connectivity index is 1.62. The van der Waals surface area contributed by atoms with Gasteiger partial charge >= 0.3 is 0 Å². The van der Waals surface area contributed by atoms with Gasteiger partial charge in [-0.05, 0) is 54.8 Å². The van der Waals surface area contributed by atoms with Gasteiger partial charge in [-0.25, -0.2) is 14.3 Å². The number of nitrogens with zero attached hydrogens (tertiary/aromatic N) is 2. The number of amides is 4. The Bertz CT molecular complexity index is 1210. The molecular weight excluding hydrogens is 445 g/mol. The summed E-state index contributed by atoms with van der Waals surface area (Å²) < 4.78 is 13.3. The highest BCUT2D eigenvalue weighted by molar-refractivity contribution is 7.10. The fourth-order valence-corrected chi connectivity index (χ4v) is 4.30. The van der Waals surface area contributed by atoms with Gasteiger partial charge in [0, 0.05) is 10.4 Å². The van der Waals surface area contributed by atoms with Crippen molar-refractivity contribution in [2.24, 2.45) is 0 Å². The third-order valence-corrected chi connectivity index (χ3v) is 6.07. The van der Waals surface area contributed by atoms with Crippen LogP contribution in [0.1, 0.15) is 27.2 Å². The largest absolute Gasteiger partial charge is 0.274 e. The first-order valence-corrected chi connectivity index (χ1v) is 11.1. The van der Waals surface area contributed by atoms with E-state index in [0.717, 1.165) is 32.5 Å². The summed E-state index contributed by atoms with van der Waals surface area (Å²) in [5.74, 6) is -2.82. The highest BCUT2D eigenvalue weighted by atomic mass is 32.1. The molecular formula is C24H20FN3O4S. The van der Waals surface area contributed by atoms with E-state index < -0.39 is 35.5 Å². The van der Waals surface area contributed by atoms with Gasteiger partial charge in [-0.3, -0.25) is 24.6 Å². The molecule has 2 heterocycles. The second-order valence-corrected chi connectivity index (χ2v) is 8.63. The number of anilines is 1. The number of imide groups is 1. The minimum absolute atomic E-state index is 0.0414. The number of hydrogen-bond donors (Lipinski definition) is 1. The molecule has 0 spiro atoms. The van der Waals surface area contributed by atoms with Crippen LogP contribution < -0.4 is 10.3 Å². The van der Waals surface area contributed by atoms with Crippen LogP contribution in [0.3, 0.4) is 0 Å². The molecule has 1 N–H and O–H groups in total. The summed E-state index contributed by atoms with van der Waals surface area (Å²) in [6.45, 7) is 1.83. The van der Waals surface area contributed by atoms with Crippen molar-refractivity contribution in [3.05, 3.63) is 87.9 Å². The maximum atomic E-state index is 13.3. The number of carbonyl (C=O) groups excluding carboxylic acids is 4. The summed E-state index contributed by atoms with van der Waals surface area (Å²) in [5.41, 5.74) is 3.91. The van der Waals surface area contributed by atoms with Crippen molar-refractivity contribution >= 4 is 40.7 Å². The zero-order chi connectivity index (χ0) is 23.5. The fraction of sp³-hybridized carbons (Fsp3) is 0.167. The summed E-state index contributed by atoms with van der Waals surface area (Å²) in [5, 5.41) is 2.77. The van der Waals surface area contributed by atoms with Gasteiger partial charge in [-0.2, -0.15) is 0 Å². The van der Waals surface area contributed by atoms with Crippen molar-refractivity contribution in [3.8, 4) is 0 Å². The number of benzene rings is 2. The number of hydrazine groups is 1. The molecule has 9 heteroatoms. The highest BCUT2D eigenvalue weighted by Gasteiger charge is 2.45. The maximum absolute atomic E-state index is 13.3. The van der Waals surface area contributed by atoms with Gasteiger partial charge in [0.1, 0.15) is 11.9 Å². The van der Waals surface area contributed by atoms with Gasteiger partial charge in [-0.1, -0.05) is 23.8 Å². The minimum atomic E-state index is -1.22. The van der Waals surface area contributed by atoms with Crippen molar-refractivity contribution in [1.82, 2.24) is 10.4 Å². The first-order chi connectivity index (χ1) is 15.8. The topological polar surface area (TPSA) is 86.8 Å². The van der Waals surface area contributed by atoms with E-state index in [1.165, 1.54) is 23.5 Å². The van der Waals surface area contributed by atoms with E-state index in [1.54, 1.807) is 30.3 Å². The summed E-state index contributed by atoms with van der Waals surface area (Å²) >= 11 is 1.37. The second-order valence-electron chi connectivity index (χ2n) is 7.59. The Morgan fingerprint density at radius 3 is 2.55 bits per heavy atom. The maximum Gasteiger partial charge on any atom is 0.269 e. The molecule has 0 saturated carbocycles. The molecule has 168 valence electrons. The second kappa shape index (κ2) is 9.33. The van der Waals surface area contributed by atoms with Gasteiger partial charge in [0.2, 0.25) is 11.8 Å². The number of hydrogen-bond acceptors (Lipinski definition) is 5. The SMILES string of the molecule is Cc1cccc(C(=O)NN(C(=O)Cc2cccs2)C2CC(=O)N(c3ccc(F)cc3)C2=O)c1. The average Bonchev–Trinajstić information content (AvgIpc) is 3.40. The van der Waals surface area contributed by atoms with Gasteiger partial charge in [0.25, 0.3) is 11.8 Å². The molecule has 0 radical (unpaired) electrons. The van der Waals surface area contributed by atoms with Gasteiger partial charge in [0.05, 0.1) is 18.5 Å². The lowest BCUT2D eigenvalue weighted by molar-refractivity contribution is -0.140. The molecule has 1 unspecified atom stereocenters. The number of carbonyl (C=O) groups is 4. The average molecular weight is 466 g/mol. The summed E-state index contributed by atoms with van der Waals surface area (Å²) in [7, 11) is 0. The highest BCUT2D eigenvalue weighted by Crippen LogP contribution is 2.26. The molecule has 4 rings (SSSR count). The smallest absolute Gasteiger partial charge is 0.269 e. The van der Waals surface area contributed by atoms with Crippen LogP contribution in [0.15, 0.2) is 66.0 Å². The normalized spacial score (nSPS) is 15.6. The van der Waals surface area contributed by atoms with Gasteiger partial charge < -0.3 is 0 Å². The Morgan fingerprint density at radius 2 is 1.88 bits per heavy atom. The molecule has 0 bridgehead atoms. The van der Waals surface area contributed by atoms with Crippen LogP contribution in [0, 0.1) is 12.7 Å². The minimum Gasteiger partial charge on any atom is -0.274 e. The lowest BCUT2D eigenvalue weighted by Crippen LogP contribution is -2.55. The monoisotopic (exact) mass is 465 g/mol. The van der Waals surface area contributed by atoms with E-state index in [-0.39, 0.29) is 18.5 Å². The van der Waals surface area contributed by atoms with Crippen LogP contribution in [0.2, 0.25) is 0 Å². The molecule has 2 aromatic carbocycles. The molecule has 1 atom stereocenters. The lowest BCUT2D eigenvalue weighted by Gasteiger charge is -2.28. The number of halogens is 1. The molecule has 1 aliphatic rings. The lowest BCUT2D eigenvalue weighted by atomic mass is 10.1. The molecule has 1 fully saturated rings. The number of rotatable bonds is 5. The van der Waals surface area contributed by atoms with Crippen LogP contribution in [0.5, 0.6) is 0 Å². The van der Waals surface area contributed by atoms with Crippen molar-refractivity contribution < 1.29 is 23.6 Å². The zero-order valence-corrected chi connectivity index (χ0v) is 18.5. The van der Waals surface area contributed by atoms with E-state index in [2.05, 4.69) is 5.43 Å². The molecule has 33 heavy (non-hydrogen) atoms. The summed E-state index contributed by atoms with van der Waals surface area (Å²) in [4.78, 5) is 53.6. The molecule has 1 aromatic heterocycles. The predicted octanol–water partition coefficient (Wildman–Crippen LogP) is 3.24. The molecule has 0 aliphatic carbocycles. The van der Waals surface area contributed by atoms with E-state index in [1.807, 2.05) is 18.4 Å². The van der Waals surface area contributed by atoms with Crippen LogP contribution >= 0.6 is 11.3 Å². The van der Waals surface area contributed by atoms with Crippen molar-refractivity contribution in [2.75, 3.05) is 4.90 Å². The zero-order valence-electron chi connectivity index (χ0n) is 17.7. The standard InChI is InChI=1S/C24H20FN3O4S/c1-15-4-2-5-16(12-15)23(31)26-28(22(30)13-19-6-3-11-33-19)20-14-21(29)27(24(20)32)18-9-7-17(25)8-10-18/h2-12,20H,13-14H2,1H3,(H,26,31). The molecule has 3 aromatic rings. The number of nitrogens with one attached hydrogen (secondary N) is 1. The van der Waals surface area contributed by atoms with Crippen LogP contribution in [-0.4, -0.2) is 34.7 Å². The van der Waals surface area contributed by atoms with Crippen LogP contribution in [0.25, 0.3) is 0 Å². The quantitative estimate of drug-likeness (QED) is 0.463. The Kier molecular flexibility index (Phi) is 6.32. The molecule has 4 amide bonds. The van der Waals surface area contributed by atoms with Gasteiger partial charge in [-0.15, -0.1) is 11.3 Å². The van der Waals surface area contributed by atoms with Crippen molar-refractivity contribution in [3.63, 3.8) is 0 Å². The first kappa shape index (κ1) is 22.3. The first-order valence-electron chi connectivity index (χ1n) is 10.2. The molecule has 1 saturated heterocycles. The van der Waals surface area contributed by atoms with E-state index >= 15 is 0 Å². The Morgan fingerprint density at radius 1 is 1.12 bits per heavy atom. The van der Waals surface area contributed by atoms with Crippen LogP contribution in [-0.2, 0) is 20.8 Å². The Labute approximate surface area is 193 Å². The van der Waals surface area contributed by atoms with Crippen LogP contribution in [0.4, 0.5) is 10.1 Å². The fourth-order valence-electron chi connectivity index (χ4n) is 3.60. The van der Waals surface area contributed by atoms with E-state index in [0.29, 0.717) is 5.56 Å². The van der Waals surface area contributed by atoms with E-state index in [9.17, 15) is 23.6 Å². The third kappa shape index (κ3) is 4.83. The third-order valence-electron chi connectivity index (χ3n) is 5.20. The van der Waals surface area contributed by atoms with Gasteiger partial charge in [0.15, 0.2) is 0 Å². The van der Waals surface area contributed by atoms with E-state index in [4.69, 9.17) is 0 Å². The van der Waals surface area contributed by atoms with Crippen molar-refractivity contribution in [1.29, 1.82) is 0 Å². The summed E-state index contributed by atoms with van der Waals surface area (Å²) in [6.07, 6.45) is -0.346.